The van der Waals surface area contributed by atoms with Crippen LogP contribution in [0.5, 0.6) is 0 Å². The largest absolute Gasteiger partial charge is 1.00 e. The number of pyridine rings is 1. The van der Waals surface area contributed by atoms with Crippen molar-refractivity contribution in [2.75, 3.05) is 0 Å². The van der Waals surface area contributed by atoms with Crippen molar-refractivity contribution in [3.63, 3.8) is 0 Å². The van der Waals surface area contributed by atoms with Gasteiger partial charge in [-0.05, 0) is 23.2 Å². The number of hydrogen-bond acceptors (Lipinski definition) is 4. The second kappa shape index (κ2) is 6.28. The van der Waals surface area contributed by atoms with Gasteiger partial charge in [0.2, 0.25) is 0 Å². The van der Waals surface area contributed by atoms with E-state index in [0.29, 0.717) is 10.7 Å². The standard InChI is InChI=1S/C9H5ClF3N3O2S.Li/c10-5-2-1-3-14-8(5)16-7(19(17)18)4-6(15-16)9(11,12)13;/h1-4H,(H,17,18);/q;+1/p-1. The summed E-state index contributed by atoms with van der Waals surface area (Å²) in [5, 5.41) is 2.49. The van der Waals surface area contributed by atoms with Crippen LogP contribution in [0.3, 0.4) is 0 Å². The fourth-order valence-corrected chi connectivity index (χ4v) is 1.98. The zero-order chi connectivity index (χ0) is 14.2. The Kier molecular flexibility index (Phi) is 5.40. The topological polar surface area (TPSA) is 70.8 Å². The quantitative estimate of drug-likeness (QED) is 0.536. The van der Waals surface area contributed by atoms with Crippen LogP contribution in [-0.4, -0.2) is 23.5 Å². The molecule has 2 aromatic heterocycles. The van der Waals surface area contributed by atoms with Crippen LogP contribution in [0.25, 0.3) is 5.82 Å². The molecule has 0 spiro atoms. The minimum Gasteiger partial charge on any atom is -0.767 e. The van der Waals surface area contributed by atoms with Gasteiger partial charge in [0.1, 0.15) is 5.03 Å². The molecule has 0 aliphatic rings. The van der Waals surface area contributed by atoms with Gasteiger partial charge in [0.25, 0.3) is 0 Å². The first-order valence-electron chi connectivity index (χ1n) is 4.68. The van der Waals surface area contributed by atoms with Crippen molar-refractivity contribution in [3.8, 4) is 5.82 Å². The van der Waals surface area contributed by atoms with Gasteiger partial charge in [-0.15, -0.1) is 0 Å². The molecular weight excluding hydrogens is 314 g/mol. The van der Waals surface area contributed by atoms with Crippen LogP contribution in [0, 0.1) is 0 Å². The molecule has 102 valence electrons. The number of hydrogen-bond donors (Lipinski definition) is 0. The van der Waals surface area contributed by atoms with Crippen LogP contribution in [-0.2, 0) is 17.3 Å². The molecule has 0 fully saturated rings. The van der Waals surface area contributed by atoms with Crippen molar-refractivity contribution >= 4 is 22.7 Å². The third-order valence-corrected chi connectivity index (χ3v) is 3.00. The molecule has 20 heavy (non-hydrogen) atoms. The number of rotatable bonds is 2. The molecule has 2 aromatic rings. The van der Waals surface area contributed by atoms with E-state index in [9.17, 15) is 21.9 Å². The third kappa shape index (κ3) is 3.42. The van der Waals surface area contributed by atoms with E-state index in [1.165, 1.54) is 18.3 Å². The Labute approximate surface area is 130 Å². The van der Waals surface area contributed by atoms with Crippen LogP contribution in [0.1, 0.15) is 5.69 Å². The van der Waals surface area contributed by atoms with Crippen LogP contribution < -0.4 is 18.9 Å². The van der Waals surface area contributed by atoms with E-state index in [4.69, 9.17) is 11.6 Å². The molecule has 0 saturated heterocycles. The smallest absolute Gasteiger partial charge is 0.767 e. The first-order chi connectivity index (χ1) is 8.80. The van der Waals surface area contributed by atoms with Gasteiger partial charge >= 0.3 is 25.0 Å². The van der Waals surface area contributed by atoms with Crippen molar-refractivity contribution in [2.45, 2.75) is 11.2 Å². The van der Waals surface area contributed by atoms with Crippen LogP contribution in [0.15, 0.2) is 29.4 Å². The molecule has 11 heteroatoms. The fourth-order valence-electron chi connectivity index (χ4n) is 1.31. The fraction of sp³-hybridized carbons (Fsp3) is 0.111. The Morgan fingerprint density at radius 3 is 2.55 bits per heavy atom. The van der Waals surface area contributed by atoms with Crippen molar-refractivity contribution in [2.24, 2.45) is 0 Å². The summed E-state index contributed by atoms with van der Waals surface area (Å²) in [6.45, 7) is 0. The van der Waals surface area contributed by atoms with Gasteiger partial charge in [0.15, 0.2) is 11.5 Å². The van der Waals surface area contributed by atoms with E-state index in [1.54, 1.807) is 0 Å². The maximum absolute atomic E-state index is 12.5. The van der Waals surface area contributed by atoms with Crippen molar-refractivity contribution in [1.29, 1.82) is 0 Å². The molecule has 0 saturated carbocycles. The van der Waals surface area contributed by atoms with Gasteiger partial charge in [0.05, 0.1) is 5.02 Å². The molecule has 0 bridgehead atoms. The predicted molar refractivity (Wildman–Crippen MR) is 58.6 cm³/mol. The molecule has 0 aliphatic heterocycles. The van der Waals surface area contributed by atoms with E-state index in [2.05, 4.69) is 10.1 Å². The molecule has 0 radical (unpaired) electrons. The zero-order valence-electron chi connectivity index (χ0n) is 9.89. The Bertz CT molecular complexity index is 650. The normalized spacial score (nSPS) is 12.8. The van der Waals surface area contributed by atoms with E-state index >= 15 is 0 Å². The van der Waals surface area contributed by atoms with Gasteiger partial charge in [-0.2, -0.15) is 18.3 Å². The van der Waals surface area contributed by atoms with E-state index in [-0.39, 0.29) is 29.7 Å². The Morgan fingerprint density at radius 2 is 2.05 bits per heavy atom. The average Bonchev–Trinajstić information content (AvgIpc) is 2.74. The van der Waals surface area contributed by atoms with Crippen LogP contribution in [0.2, 0.25) is 5.02 Å². The second-order valence-corrected chi connectivity index (χ2v) is 4.62. The average molecular weight is 318 g/mol. The molecule has 5 nitrogen and oxygen atoms in total. The van der Waals surface area contributed by atoms with Gasteiger partial charge in [-0.1, -0.05) is 11.6 Å². The monoisotopic (exact) mass is 317 g/mol. The van der Waals surface area contributed by atoms with Crippen LogP contribution in [0.4, 0.5) is 13.2 Å². The second-order valence-electron chi connectivity index (χ2n) is 3.32. The molecule has 2 heterocycles. The van der Waals surface area contributed by atoms with Crippen molar-refractivity contribution < 1.29 is 40.8 Å². The number of halogens is 4. The van der Waals surface area contributed by atoms with Gasteiger partial charge < -0.3 is 4.55 Å². The Morgan fingerprint density at radius 1 is 1.40 bits per heavy atom. The zero-order valence-corrected chi connectivity index (χ0v) is 11.5. The van der Waals surface area contributed by atoms with Gasteiger partial charge in [0, 0.05) is 12.3 Å². The summed E-state index contributed by atoms with van der Waals surface area (Å²) in [6, 6.07) is 3.22. The Hall–Kier alpha value is -0.853. The summed E-state index contributed by atoms with van der Waals surface area (Å²) < 4.78 is 60.0. The van der Waals surface area contributed by atoms with Crippen LogP contribution >= 0.6 is 11.6 Å². The van der Waals surface area contributed by atoms with Gasteiger partial charge in [-0.3, -0.25) is 4.21 Å². The summed E-state index contributed by atoms with van der Waals surface area (Å²) in [6.07, 6.45) is -3.51. The summed E-state index contributed by atoms with van der Waals surface area (Å²) >= 11 is 2.84. The molecule has 0 N–H and O–H groups in total. The summed E-state index contributed by atoms with van der Waals surface area (Å²) in [7, 11) is 0. The Balaban J connectivity index is 0.00000200. The molecular formula is C9H4ClF3LiN3O2S. The maximum Gasteiger partial charge on any atom is 1.00 e. The van der Waals surface area contributed by atoms with E-state index in [0.717, 1.165) is 0 Å². The minimum atomic E-state index is -4.76. The molecule has 1 atom stereocenters. The molecule has 0 aromatic carbocycles. The SMILES string of the molecule is O=S([O-])c1cc(C(F)(F)F)nn1-c1ncccc1Cl.[Li+]. The third-order valence-electron chi connectivity index (χ3n) is 2.08. The van der Waals surface area contributed by atoms with E-state index < -0.39 is 28.0 Å². The molecule has 2 rings (SSSR count). The predicted octanol–water partition coefficient (Wildman–Crippen LogP) is -0.818. The molecule has 0 aliphatic carbocycles. The summed E-state index contributed by atoms with van der Waals surface area (Å²) in [5.74, 6) is -0.195. The number of aromatic nitrogens is 3. The van der Waals surface area contributed by atoms with Crippen molar-refractivity contribution in [3.05, 3.63) is 35.1 Å². The van der Waals surface area contributed by atoms with Crippen molar-refractivity contribution in [1.82, 2.24) is 14.8 Å². The number of nitrogens with zero attached hydrogens (tertiary/aromatic N) is 3. The summed E-state index contributed by atoms with van der Waals surface area (Å²) in [5.41, 5.74) is -1.34. The molecule has 1 unspecified atom stereocenters. The minimum absolute atomic E-state index is 0. The first-order valence-corrected chi connectivity index (χ1v) is 6.13. The van der Waals surface area contributed by atoms with Gasteiger partial charge in [-0.25, -0.2) is 9.67 Å². The maximum atomic E-state index is 12.5. The molecule has 0 amide bonds. The summed E-state index contributed by atoms with van der Waals surface area (Å²) in [4.78, 5) is 3.71. The first kappa shape index (κ1) is 17.2. The number of alkyl halides is 3. The van der Waals surface area contributed by atoms with E-state index in [1.807, 2.05) is 0 Å².